The summed E-state index contributed by atoms with van der Waals surface area (Å²) in [4.78, 5) is 8.59. The van der Waals surface area contributed by atoms with Crippen LogP contribution in [0.4, 0.5) is 11.5 Å². The monoisotopic (exact) mass is 894 g/mol. The zero-order valence-electron chi connectivity index (χ0n) is 35.1. The molecule has 0 N–H and O–H groups in total. The van der Waals surface area contributed by atoms with Crippen molar-refractivity contribution in [3.05, 3.63) is 197 Å². The number of para-hydroxylation sites is 3. The topological polar surface area (TPSA) is 26.0 Å². The summed E-state index contributed by atoms with van der Waals surface area (Å²) in [6.45, 7) is 0. The molecule has 1 aliphatic carbocycles. The maximum absolute atomic E-state index is 6.02. The van der Waals surface area contributed by atoms with Crippen molar-refractivity contribution in [3.8, 4) is 11.5 Å². The molecule has 6 aromatic heterocycles. The minimum absolute atomic E-state index is 0.0168. The molecule has 8 aromatic carbocycles. The molecule has 0 saturated carbocycles. The van der Waals surface area contributed by atoms with Gasteiger partial charge in [-0.15, -0.1) is 34.0 Å². The lowest BCUT2D eigenvalue weighted by molar-refractivity contribution is 0.791. The molecule has 16 rings (SSSR count). The SMILES string of the molecule is C1=c2sc3ccccc3c2=CC2c3ccccc3N(c3nc(-n4c5ccccc5c5cc6c(cc54)sc4ccccc46)ccc3-n3c4ccccc4c4cc5c(cc43)sc3ccccc35)C12. The van der Waals surface area contributed by atoms with Crippen LogP contribution in [0, 0.1) is 0 Å². The molecule has 0 radical (unpaired) electrons. The largest absolute Gasteiger partial charge is 0.316 e. The summed E-state index contributed by atoms with van der Waals surface area (Å²) in [5.74, 6) is 1.99. The van der Waals surface area contributed by atoms with E-state index in [1.54, 1.807) is 0 Å². The van der Waals surface area contributed by atoms with Crippen LogP contribution in [-0.4, -0.2) is 20.2 Å². The summed E-state index contributed by atoms with van der Waals surface area (Å²) >= 11 is 5.64. The van der Waals surface area contributed by atoms with Crippen LogP contribution in [0.15, 0.2) is 182 Å². The van der Waals surface area contributed by atoms with Crippen molar-refractivity contribution in [1.82, 2.24) is 14.1 Å². The smallest absolute Gasteiger partial charge is 0.160 e. The third-order valence-corrected chi connectivity index (χ3v) is 17.9. The van der Waals surface area contributed by atoms with E-state index in [1.165, 1.54) is 104 Å². The Hall–Kier alpha value is -7.55. The molecule has 14 aromatic rings. The molecule has 308 valence electrons. The van der Waals surface area contributed by atoms with E-state index in [0.29, 0.717) is 0 Å². The Kier molecular flexibility index (Phi) is 7.07. The molecule has 0 amide bonds. The van der Waals surface area contributed by atoms with Crippen molar-refractivity contribution in [2.45, 2.75) is 12.0 Å². The van der Waals surface area contributed by atoms with Crippen LogP contribution >= 0.6 is 34.0 Å². The second kappa shape index (κ2) is 13.0. The zero-order valence-corrected chi connectivity index (χ0v) is 37.6. The van der Waals surface area contributed by atoms with Crippen LogP contribution in [0.25, 0.3) is 118 Å². The normalized spacial score (nSPS) is 15.8. The van der Waals surface area contributed by atoms with Gasteiger partial charge >= 0.3 is 0 Å². The number of fused-ring (bicyclic) bond motifs is 18. The fraction of sp³-hybridized carbons (Fsp3) is 0.0339. The minimum atomic E-state index is 0.0168. The average Bonchev–Trinajstić information content (AvgIpc) is 4.21. The van der Waals surface area contributed by atoms with Gasteiger partial charge in [-0.1, -0.05) is 115 Å². The number of thiophene rings is 3. The number of hydrogen-bond donors (Lipinski definition) is 0. The second-order valence-electron chi connectivity index (χ2n) is 17.8. The maximum Gasteiger partial charge on any atom is 0.160 e. The molecule has 0 bridgehead atoms. The van der Waals surface area contributed by atoms with Gasteiger partial charge < -0.3 is 9.47 Å². The number of hydrogen-bond acceptors (Lipinski definition) is 5. The maximum atomic E-state index is 6.02. The van der Waals surface area contributed by atoms with Crippen molar-refractivity contribution in [3.63, 3.8) is 0 Å². The Bertz CT molecular complexity index is 4580. The fourth-order valence-corrected chi connectivity index (χ4v) is 15.0. The summed E-state index contributed by atoms with van der Waals surface area (Å²) in [5, 5.41) is 12.9. The van der Waals surface area contributed by atoms with Gasteiger partial charge in [0, 0.05) is 82.7 Å². The van der Waals surface area contributed by atoms with Crippen LogP contribution < -0.4 is 14.7 Å². The number of nitrogens with zero attached hydrogens (tertiary/aromatic N) is 4. The molecule has 0 spiro atoms. The first-order valence-corrected chi connectivity index (χ1v) is 25.0. The van der Waals surface area contributed by atoms with E-state index in [9.17, 15) is 0 Å². The number of rotatable bonds is 3. The van der Waals surface area contributed by atoms with Gasteiger partial charge in [0.15, 0.2) is 5.82 Å². The molecule has 2 aliphatic rings. The summed E-state index contributed by atoms with van der Waals surface area (Å²) < 4.78 is 12.8. The number of anilines is 2. The average molecular weight is 895 g/mol. The Morgan fingerprint density at radius 3 is 1.61 bits per heavy atom. The van der Waals surface area contributed by atoms with E-state index >= 15 is 0 Å². The molecule has 2 atom stereocenters. The lowest BCUT2D eigenvalue weighted by Gasteiger charge is -2.30. The number of pyridine rings is 1. The van der Waals surface area contributed by atoms with Crippen LogP contribution in [0.5, 0.6) is 0 Å². The second-order valence-corrected chi connectivity index (χ2v) is 21.1. The predicted octanol–water partition coefficient (Wildman–Crippen LogP) is 15.1. The number of aromatic nitrogens is 3. The van der Waals surface area contributed by atoms with Crippen LogP contribution in [-0.2, 0) is 0 Å². The Morgan fingerprint density at radius 1 is 0.379 bits per heavy atom. The lowest BCUT2D eigenvalue weighted by atomic mass is 9.90. The van der Waals surface area contributed by atoms with Crippen molar-refractivity contribution in [2.75, 3.05) is 4.90 Å². The van der Waals surface area contributed by atoms with Crippen LogP contribution in [0.3, 0.4) is 0 Å². The van der Waals surface area contributed by atoms with E-state index in [0.717, 1.165) is 28.4 Å². The summed E-state index contributed by atoms with van der Waals surface area (Å²) in [6, 6.07) is 67.7. The first-order valence-electron chi connectivity index (χ1n) is 22.5. The molecular formula is C59H34N4S3. The first kappa shape index (κ1) is 35.8. The third-order valence-electron chi connectivity index (χ3n) is 14.4. The molecule has 2 unspecified atom stereocenters. The molecule has 7 heteroatoms. The van der Waals surface area contributed by atoms with Crippen LogP contribution in [0.2, 0.25) is 0 Å². The fourth-order valence-electron chi connectivity index (χ4n) is 11.6. The van der Waals surface area contributed by atoms with Crippen LogP contribution in [0.1, 0.15) is 11.5 Å². The number of benzene rings is 8. The van der Waals surface area contributed by atoms with E-state index in [2.05, 4.69) is 208 Å². The summed E-state index contributed by atoms with van der Waals surface area (Å²) in [6.07, 6.45) is 5.08. The summed E-state index contributed by atoms with van der Waals surface area (Å²) in [7, 11) is 0. The zero-order chi connectivity index (χ0) is 42.8. The van der Waals surface area contributed by atoms with Gasteiger partial charge in [0.2, 0.25) is 0 Å². The minimum Gasteiger partial charge on any atom is -0.316 e. The van der Waals surface area contributed by atoms with Gasteiger partial charge in [-0.25, -0.2) is 4.98 Å². The molecular weight excluding hydrogens is 861 g/mol. The summed E-state index contributed by atoms with van der Waals surface area (Å²) in [5.41, 5.74) is 8.26. The quantitative estimate of drug-likeness (QED) is 0.177. The van der Waals surface area contributed by atoms with E-state index in [4.69, 9.17) is 4.98 Å². The van der Waals surface area contributed by atoms with Gasteiger partial charge in [-0.05, 0) is 95.0 Å². The van der Waals surface area contributed by atoms with Crippen molar-refractivity contribution < 1.29 is 0 Å². The molecule has 0 fully saturated rings. The molecule has 66 heavy (non-hydrogen) atoms. The van der Waals surface area contributed by atoms with E-state index in [-0.39, 0.29) is 12.0 Å². The Morgan fingerprint density at radius 2 is 0.924 bits per heavy atom. The highest BCUT2D eigenvalue weighted by atomic mass is 32.1. The highest BCUT2D eigenvalue weighted by molar-refractivity contribution is 7.26. The van der Waals surface area contributed by atoms with Crippen molar-refractivity contribution >= 4 is 152 Å². The van der Waals surface area contributed by atoms with Gasteiger partial charge in [-0.2, -0.15) is 0 Å². The van der Waals surface area contributed by atoms with E-state index in [1.807, 2.05) is 34.0 Å². The molecule has 7 heterocycles. The lowest BCUT2D eigenvalue weighted by Crippen LogP contribution is -2.37. The van der Waals surface area contributed by atoms with Crippen molar-refractivity contribution in [2.24, 2.45) is 0 Å². The van der Waals surface area contributed by atoms with Gasteiger partial charge in [0.25, 0.3) is 0 Å². The highest BCUT2D eigenvalue weighted by Gasteiger charge is 2.40. The van der Waals surface area contributed by atoms with Crippen molar-refractivity contribution in [1.29, 1.82) is 0 Å². The van der Waals surface area contributed by atoms with Gasteiger partial charge in [0.05, 0.1) is 33.8 Å². The third kappa shape index (κ3) is 4.74. The molecule has 4 nitrogen and oxygen atoms in total. The molecule has 0 saturated heterocycles. The Labute approximate surface area is 389 Å². The van der Waals surface area contributed by atoms with Gasteiger partial charge in [-0.3, -0.25) is 4.57 Å². The highest BCUT2D eigenvalue weighted by Crippen LogP contribution is 2.50. The standard InChI is InChI=1S/C59H34N4S3/c1-7-19-45-33(13-1)39-27-42-36-16-4-10-22-52(36)64-55(42)30-49(39)61(45)48-25-26-58(62-46-20-8-2-14-34(46)40-28-43-37-17-5-11-23-53(37)65-56(43)31-50(40)62)60-59(48)63-47-21-9-3-15-35(47)41-29-44-38-18-6-12-24-54(38)66-57(44)32-51(41)63/h1-32,41,51H. The Balaban J connectivity index is 1.02. The first-order chi connectivity index (χ1) is 32.7. The predicted molar refractivity (Wildman–Crippen MR) is 284 cm³/mol. The van der Waals surface area contributed by atoms with Gasteiger partial charge in [0.1, 0.15) is 5.82 Å². The van der Waals surface area contributed by atoms with E-state index < -0.39 is 0 Å². The molecule has 1 aliphatic heterocycles.